The fourth-order valence-corrected chi connectivity index (χ4v) is 2.58. The first kappa shape index (κ1) is 18.2. The van der Waals surface area contributed by atoms with Gasteiger partial charge in [0.25, 0.3) is 0 Å². The first-order chi connectivity index (χ1) is 11.2. The number of rotatable bonds is 3. The Balaban J connectivity index is 2.57. The summed E-state index contributed by atoms with van der Waals surface area (Å²) >= 11 is 0. The number of aliphatic hydroxyl groups is 4. The fraction of sp³-hybridized carbons (Fsp3) is 0.500. The van der Waals surface area contributed by atoms with Crippen molar-refractivity contribution in [1.82, 2.24) is 0 Å². The molecule has 10 nitrogen and oxygen atoms in total. The number of aliphatic hydroxyl groups excluding tert-OH is 4. The van der Waals surface area contributed by atoms with Crippen LogP contribution in [0.3, 0.4) is 0 Å². The molecule has 1 aliphatic heterocycles. The molecule has 1 fully saturated rings. The van der Waals surface area contributed by atoms with E-state index >= 15 is 0 Å². The van der Waals surface area contributed by atoms with Crippen LogP contribution in [0.5, 0.6) is 17.2 Å². The van der Waals surface area contributed by atoms with Crippen molar-refractivity contribution in [3.8, 4) is 17.2 Å². The van der Waals surface area contributed by atoms with Crippen molar-refractivity contribution in [3.05, 3.63) is 17.2 Å². The van der Waals surface area contributed by atoms with Gasteiger partial charge in [-0.15, -0.1) is 0 Å². The van der Waals surface area contributed by atoms with Crippen molar-refractivity contribution in [1.29, 1.82) is 0 Å². The second-order valence-corrected chi connectivity index (χ2v) is 5.29. The maximum atomic E-state index is 11.7. The van der Waals surface area contributed by atoms with Gasteiger partial charge in [0, 0.05) is 6.07 Å². The van der Waals surface area contributed by atoms with E-state index in [1.165, 1.54) is 0 Å². The van der Waals surface area contributed by atoms with E-state index < -0.39 is 71.5 Å². The van der Waals surface area contributed by atoms with Gasteiger partial charge < -0.3 is 45.2 Å². The van der Waals surface area contributed by atoms with E-state index in [2.05, 4.69) is 4.74 Å². The molecule has 0 bridgehead atoms. The van der Waals surface area contributed by atoms with Gasteiger partial charge in [-0.3, -0.25) is 0 Å². The van der Waals surface area contributed by atoms with Crippen LogP contribution in [0.25, 0.3) is 0 Å². The maximum absolute atomic E-state index is 11.7. The van der Waals surface area contributed by atoms with E-state index in [-0.39, 0.29) is 0 Å². The lowest BCUT2D eigenvalue weighted by molar-refractivity contribution is -0.232. The first-order valence-corrected chi connectivity index (χ1v) is 6.91. The molecule has 7 N–H and O–H groups in total. The van der Waals surface area contributed by atoms with Crippen LogP contribution in [0.4, 0.5) is 0 Å². The zero-order valence-electron chi connectivity index (χ0n) is 12.5. The Morgan fingerprint density at radius 1 is 1.12 bits per heavy atom. The number of hydrogen-bond acceptors (Lipinski definition) is 10. The van der Waals surface area contributed by atoms with Crippen LogP contribution >= 0.6 is 0 Å². The summed E-state index contributed by atoms with van der Waals surface area (Å²) in [6.07, 6.45) is -8.07. The standard InChI is InChI=1S/C14H18O10/c1-23-14(22)8-5(17)2-4(16)7(10(8)19)13-12(21)11(20)9(18)6(3-15)24-13/h2,6,9,11-13,15-21H,3H2,1H3/t6-,9-,11+,12-,13?/m1/s1. The van der Waals surface area contributed by atoms with Crippen LogP contribution in [-0.2, 0) is 9.47 Å². The van der Waals surface area contributed by atoms with Gasteiger partial charge in [-0.2, -0.15) is 0 Å². The summed E-state index contributed by atoms with van der Waals surface area (Å²) in [6.45, 7) is -0.717. The zero-order chi connectivity index (χ0) is 18.2. The molecule has 0 aliphatic carbocycles. The van der Waals surface area contributed by atoms with E-state index in [1.54, 1.807) is 0 Å². The highest BCUT2D eigenvalue weighted by molar-refractivity contribution is 5.96. The average molecular weight is 346 g/mol. The summed E-state index contributed by atoms with van der Waals surface area (Å²) in [5, 5.41) is 68.7. The number of carbonyl (C=O) groups excluding carboxylic acids is 1. The molecular weight excluding hydrogens is 328 g/mol. The Labute approximate surface area is 135 Å². The van der Waals surface area contributed by atoms with E-state index in [0.29, 0.717) is 0 Å². The van der Waals surface area contributed by atoms with E-state index in [4.69, 9.17) is 4.74 Å². The number of carbonyl (C=O) groups is 1. The summed E-state index contributed by atoms with van der Waals surface area (Å²) in [5.74, 6) is -3.55. The lowest BCUT2D eigenvalue weighted by atomic mass is 9.89. The summed E-state index contributed by atoms with van der Waals surface area (Å²) < 4.78 is 9.64. The molecule has 2 rings (SSSR count). The van der Waals surface area contributed by atoms with Gasteiger partial charge in [-0.05, 0) is 0 Å². The molecule has 1 aromatic rings. The van der Waals surface area contributed by atoms with Gasteiger partial charge >= 0.3 is 5.97 Å². The van der Waals surface area contributed by atoms with Gasteiger partial charge in [0.2, 0.25) is 0 Å². The molecule has 134 valence electrons. The number of phenols is 3. The predicted molar refractivity (Wildman–Crippen MR) is 75.5 cm³/mol. The number of phenolic OH excluding ortho intramolecular Hbond substituents is 3. The number of methoxy groups -OCH3 is 1. The molecule has 1 aliphatic rings. The summed E-state index contributed by atoms with van der Waals surface area (Å²) in [4.78, 5) is 11.7. The lowest BCUT2D eigenvalue weighted by Crippen LogP contribution is -2.55. The van der Waals surface area contributed by atoms with Gasteiger partial charge in [0.05, 0.1) is 19.3 Å². The molecule has 1 unspecified atom stereocenters. The molecule has 24 heavy (non-hydrogen) atoms. The monoisotopic (exact) mass is 346 g/mol. The number of ether oxygens (including phenoxy) is 2. The summed E-state index contributed by atoms with van der Waals surface area (Å²) in [5.41, 5.74) is -1.19. The Kier molecular flexibility index (Phi) is 5.16. The van der Waals surface area contributed by atoms with Gasteiger partial charge in [-0.25, -0.2) is 4.79 Å². The largest absolute Gasteiger partial charge is 0.507 e. The molecule has 0 aromatic heterocycles. The fourth-order valence-electron chi connectivity index (χ4n) is 2.58. The van der Waals surface area contributed by atoms with Gasteiger partial charge in [-0.1, -0.05) is 0 Å². The Morgan fingerprint density at radius 2 is 1.75 bits per heavy atom. The number of esters is 1. The average Bonchev–Trinajstić information content (AvgIpc) is 2.54. The van der Waals surface area contributed by atoms with Gasteiger partial charge in [0.15, 0.2) is 0 Å². The van der Waals surface area contributed by atoms with Crippen molar-refractivity contribution in [3.63, 3.8) is 0 Å². The molecule has 0 amide bonds. The van der Waals surface area contributed by atoms with Crippen LogP contribution in [-0.4, -0.2) is 79.8 Å². The minimum atomic E-state index is -1.80. The molecule has 1 heterocycles. The lowest BCUT2D eigenvalue weighted by Gasteiger charge is -2.40. The predicted octanol–water partition coefficient (Wildman–Crippen LogP) is -1.90. The molecule has 0 spiro atoms. The zero-order valence-corrected chi connectivity index (χ0v) is 12.5. The molecule has 1 aromatic carbocycles. The van der Waals surface area contributed by atoms with Crippen LogP contribution < -0.4 is 0 Å². The highest BCUT2D eigenvalue weighted by Crippen LogP contribution is 2.45. The number of aromatic hydroxyl groups is 3. The van der Waals surface area contributed by atoms with Crippen LogP contribution in [0.15, 0.2) is 6.07 Å². The first-order valence-electron chi connectivity index (χ1n) is 6.91. The van der Waals surface area contributed by atoms with Crippen molar-refractivity contribution < 1.29 is 50.0 Å². The highest BCUT2D eigenvalue weighted by Gasteiger charge is 2.46. The van der Waals surface area contributed by atoms with Crippen molar-refractivity contribution >= 4 is 5.97 Å². The van der Waals surface area contributed by atoms with E-state index in [0.717, 1.165) is 13.2 Å². The maximum Gasteiger partial charge on any atom is 0.345 e. The van der Waals surface area contributed by atoms with Crippen LogP contribution in [0.2, 0.25) is 0 Å². The Hall–Kier alpha value is -2.11. The number of hydrogen-bond donors (Lipinski definition) is 7. The van der Waals surface area contributed by atoms with Crippen molar-refractivity contribution in [2.75, 3.05) is 13.7 Å². The van der Waals surface area contributed by atoms with Crippen molar-refractivity contribution in [2.45, 2.75) is 30.5 Å². The van der Waals surface area contributed by atoms with Crippen LogP contribution in [0, 0.1) is 0 Å². The third kappa shape index (κ3) is 2.85. The van der Waals surface area contributed by atoms with E-state index in [1.807, 2.05) is 0 Å². The molecule has 0 saturated carbocycles. The SMILES string of the molecule is COC(=O)c1c(O)cc(O)c(C2O[C@H](CO)[C@@H](O)[C@H](O)[C@H]2O)c1O. The van der Waals surface area contributed by atoms with Crippen LogP contribution in [0.1, 0.15) is 22.0 Å². The normalized spacial score (nSPS) is 30.1. The topological polar surface area (TPSA) is 177 Å². The third-order valence-electron chi connectivity index (χ3n) is 3.86. The Bertz CT molecular complexity index is 628. The number of benzene rings is 1. The smallest absolute Gasteiger partial charge is 0.345 e. The Morgan fingerprint density at radius 3 is 2.29 bits per heavy atom. The van der Waals surface area contributed by atoms with Crippen molar-refractivity contribution in [2.24, 2.45) is 0 Å². The van der Waals surface area contributed by atoms with E-state index in [9.17, 15) is 40.5 Å². The minimum absolute atomic E-state index is 0.509. The quantitative estimate of drug-likeness (QED) is 0.306. The van der Waals surface area contributed by atoms with Gasteiger partial charge in [0.1, 0.15) is 53.3 Å². The molecule has 0 radical (unpaired) electrons. The second kappa shape index (κ2) is 6.79. The highest BCUT2D eigenvalue weighted by atomic mass is 16.5. The minimum Gasteiger partial charge on any atom is -0.507 e. The molecular formula is C14H18O10. The molecule has 5 atom stereocenters. The second-order valence-electron chi connectivity index (χ2n) is 5.29. The molecule has 10 heteroatoms. The summed E-state index contributed by atoms with van der Waals surface area (Å²) in [7, 11) is 1.00. The summed E-state index contributed by atoms with van der Waals surface area (Å²) in [6, 6.07) is 0.725. The molecule has 1 saturated heterocycles. The third-order valence-corrected chi connectivity index (χ3v) is 3.86.